The van der Waals surface area contributed by atoms with E-state index in [1.165, 1.54) is 25.7 Å². The molecule has 3 heteroatoms. The van der Waals surface area contributed by atoms with Crippen LogP contribution in [0.25, 0.3) is 0 Å². The maximum absolute atomic E-state index is 9.76. The fourth-order valence-corrected chi connectivity index (χ4v) is 1.75. The van der Waals surface area contributed by atoms with Crippen LogP contribution in [0.1, 0.15) is 59.3 Å². The summed E-state index contributed by atoms with van der Waals surface area (Å²) in [6.45, 7) is 7.06. The number of nitrogens with two attached hydrogens (primary N) is 1. The van der Waals surface area contributed by atoms with E-state index in [0.717, 1.165) is 13.0 Å². The molecule has 0 spiro atoms. The van der Waals surface area contributed by atoms with Crippen molar-refractivity contribution in [3.05, 3.63) is 0 Å². The van der Waals surface area contributed by atoms with Crippen molar-refractivity contribution in [1.29, 1.82) is 0 Å². The monoisotopic (exact) mass is 231 g/mol. The van der Waals surface area contributed by atoms with Gasteiger partial charge in [0, 0.05) is 19.6 Å². The molecule has 0 aliphatic heterocycles. The van der Waals surface area contributed by atoms with E-state index in [0.29, 0.717) is 6.42 Å². The van der Waals surface area contributed by atoms with Crippen molar-refractivity contribution < 1.29 is 9.84 Å². The molecule has 0 aromatic carbocycles. The van der Waals surface area contributed by atoms with E-state index in [9.17, 15) is 5.11 Å². The Morgan fingerprint density at radius 1 is 1.25 bits per heavy atom. The molecule has 0 radical (unpaired) electrons. The normalized spacial score (nSPS) is 17.1. The van der Waals surface area contributed by atoms with Crippen LogP contribution in [-0.2, 0) is 4.74 Å². The van der Waals surface area contributed by atoms with Gasteiger partial charge < -0.3 is 15.6 Å². The highest BCUT2D eigenvalue weighted by molar-refractivity contribution is 4.76. The first-order valence-electron chi connectivity index (χ1n) is 6.56. The van der Waals surface area contributed by atoms with Crippen molar-refractivity contribution in [3.63, 3.8) is 0 Å². The van der Waals surface area contributed by atoms with Gasteiger partial charge in [-0.3, -0.25) is 0 Å². The first-order chi connectivity index (χ1) is 7.52. The second-order valence-corrected chi connectivity index (χ2v) is 5.00. The van der Waals surface area contributed by atoms with Crippen molar-refractivity contribution in [2.24, 2.45) is 5.73 Å². The Kier molecular flexibility index (Phi) is 8.90. The van der Waals surface area contributed by atoms with Crippen LogP contribution in [0.5, 0.6) is 0 Å². The molecule has 0 heterocycles. The Morgan fingerprint density at radius 2 is 1.88 bits per heavy atom. The fraction of sp³-hybridized carbons (Fsp3) is 1.00. The van der Waals surface area contributed by atoms with Crippen molar-refractivity contribution in [3.8, 4) is 0 Å². The average molecular weight is 231 g/mol. The molecule has 0 aliphatic rings. The molecule has 3 N–H and O–H groups in total. The zero-order valence-electron chi connectivity index (χ0n) is 11.2. The van der Waals surface area contributed by atoms with Gasteiger partial charge in [-0.05, 0) is 20.3 Å². The minimum absolute atomic E-state index is 0.0877. The van der Waals surface area contributed by atoms with E-state index >= 15 is 0 Å². The fourth-order valence-electron chi connectivity index (χ4n) is 1.75. The number of rotatable bonds is 10. The third kappa shape index (κ3) is 9.13. The molecule has 2 atom stereocenters. The molecule has 16 heavy (non-hydrogen) atoms. The third-order valence-corrected chi connectivity index (χ3v) is 2.82. The van der Waals surface area contributed by atoms with Crippen LogP contribution in [0.2, 0.25) is 0 Å². The van der Waals surface area contributed by atoms with E-state index < -0.39 is 5.60 Å². The van der Waals surface area contributed by atoms with Gasteiger partial charge >= 0.3 is 0 Å². The second-order valence-electron chi connectivity index (χ2n) is 5.00. The van der Waals surface area contributed by atoms with Crippen LogP contribution in [0.4, 0.5) is 0 Å². The van der Waals surface area contributed by atoms with Crippen molar-refractivity contribution >= 4 is 0 Å². The third-order valence-electron chi connectivity index (χ3n) is 2.82. The number of hydrogen-bond donors (Lipinski definition) is 2. The zero-order chi connectivity index (χ0) is 12.4. The lowest BCUT2D eigenvalue weighted by Crippen LogP contribution is -2.37. The van der Waals surface area contributed by atoms with E-state index in [1.54, 1.807) is 6.92 Å². The summed E-state index contributed by atoms with van der Waals surface area (Å²) in [5, 5.41) is 9.76. The molecule has 98 valence electrons. The summed E-state index contributed by atoms with van der Waals surface area (Å²) in [6.07, 6.45) is 6.95. The molecule has 2 unspecified atom stereocenters. The van der Waals surface area contributed by atoms with Gasteiger partial charge in [0.2, 0.25) is 0 Å². The van der Waals surface area contributed by atoms with Gasteiger partial charge in [-0.2, -0.15) is 0 Å². The number of aliphatic hydroxyl groups is 1. The predicted octanol–water partition coefficient (Wildman–Crippen LogP) is 2.46. The van der Waals surface area contributed by atoms with Gasteiger partial charge in [0.1, 0.15) is 0 Å². The summed E-state index contributed by atoms with van der Waals surface area (Å²) in [6, 6.07) is 0. The lowest BCUT2D eigenvalue weighted by Gasteiger charge is -2.25. The van der Waals surface area contributed by atoms with E-state index in [1.807, 2.05) is 6.92 Å². The van der Waals surface area contributed by atoms with Gasteiger partial charge in [-0.15, -0.1) is 0 Å². The van der Waals surface area contributed by atoms with Crippen molar-refractivity contribution in [2.75, 3.05) is 13.2 Å². The van der Waals surface area contributed by atoms with Crippen LogP contribution in [0.3, 0.4) is 0 Å². The quantitative estimate of drug-likeness (QED) is 0.568. The molecular formula is C13H29NO2. The van der Waals surface area contributed by atoms with Gasteiger partial charge in [0.05, 0.1) is 11.7 Å². The highest BCUT2D eigenvalue weighted by atomic mass is 16.5. The molecule has 0 saturated heterocycles. The van der Waals surface area contributed by atoms with Gasteiger partial charge in [0.25, 0.3) is 0 Å². The molecular weight excluding hydrogens is 202 g/mol. The maximum Gasteiger partial charge on any atom is 0.0765 e. The minimum Gasteiger partial charge on any atom is -0.389 e. The molecule has 3 nitrogen and oxygen atoms in total. The van der Waals surface area contributed by atoms with Crippen LogP contribution < -0.4 is 5.73 Å². The average Bonchev–Trinajstić information content (AvgIpc) is 2.22. The Hall–Kier alpha value is -0.120. The second kappa shape index (κ2) is 8.97. The van der Waals surface area contributed by atoms with Gasteiger partial charge in [0.15, 0.2) is 0 Å². The SMILES string of the molecule is CCCCCCCOC(C)CC(C)(O)CN. The topological polar surface area (TPSA) is 55.5 Å². The molecule has 0 rings (SSSR count). The van der Waals surface area contributed by atoms with Crippen LogP contribution in [0, 0.1) is 0 Å². The van der Waals surface area contributed by atoms with Crippen molar-refractivity contribution in [2.45, 2.75) is 71.0 Å². The van der Waals surface area contributed by atoms with Crippen molar-refractivity contribution in [1.82, 2.24) is 0 Å². The summed E-state index contributed by atoms with van der Waals surface area (Å²) in [5.41, 5.74) is 4.67. The standard InChI is InChI=1S/C13H29NO2/c1-4-5-6-7-8-9-16-12(2)10-13(3,15)11-14/h12,15H,4-11,14H2,1-3H3. The summed E-state index contributed by atoms with van der Waals surface area (Å²) in [5.74, 6) is 0. The Morgan fingerprint density at radius 3 is 2.44 bits per heavy atom. The van der Waals surface area contributed by atoms with E-state index in [-0.39, 0.29) is 12.6 Å². The smallest absolute Gasteiger partial charge is 0.0765 e. The zero-order valence-corrected chi connectivity index (χ0v) is 11.2. The highest BCUT2D eigenvalue weighted by Gasteiger charge is 2.21. The van der Waals surface area contributed by atoms with Crippen LogP contribution in [-0.4, -0.2) is 30.0 Å². The molecule has 0 bridgehead atoms. The van der Waals surface area contributed by atoms with E-state index in [2.05, 4.69) is 6.92 Å². The number of hydrogen-bond acceptors (Lipinski definition) is 3. The Bertz CT molecular complexity index is 160. The van der Waals surface area contributed by atoms with Crippen LogP contribution in [0.15, 0.2) is 0 Å². The van der Waals surface area contributed by atoms with E-state index in [4.69, 9.17) is 10.5 Å². The Balaban J connectivity index is 3.40. The molecule has 0 aliphatic carbocycles. The highest BCUT2D eigenvalue weighted by Crippen LogP contribution is 2.13. The molecule has 0 aromatic heterocycles. The first kappa shape index (κ1) is 15.9. The van der Waals surface area contributed by atoms with Gasteiger partial charge in [-0.1, -0.05) is 32.6 Å². The maximum atomic E-state index is 9.76. The first-order valence-corrected chi connectivity index (χ1v) is 6.56. The number of unbranched alkanes of at least 4 members (excludes halogenated alkanes) is 4. The lowest BCUT2D eigenvalue weighted by atomic mass is 9.99. The molecule has 0 saturated carbocycles. The lowest BCUT2D eigenvalue weighted by molar-refractivity contribution is -0.0183. The summed E-state index contributed by atoms with van der Waals surface area (Å²) in [7, 11) is 0. The molecule has 0 fully saturated rings. The molecule has 0 amide bonds. The summed E-state index contributed by atoms with van der Waals surface area (Å²) < 4.78 is 5.64. The Labute approximate surface area is 100 Å². The molecule has 0 aromatic rings. The number of ether oxygens (including phenoxy) is 1. The predicted molar refractivity (Wildman–Crippen MR) is 68.5 cm³/mol. The van der Waals surface area contributed by atoms with Gasteiger partial charge in [-0.25, -0.2) is 0 Å². The largest absolute Gasteiger partial charge is 0.389 e. The van der Waals surface area contributed by atoms with Crippen LogP contribution >= 0.6 is 0 Å². The summed E-state index contributed by atoms with van der Waals surface area (Å²) in [4.78, 5) is 0. The minimum atomic E-state index is -0.790. The summed E-state index contributed by atoms with van der Waals surface area (Å²) >= 11 is 0.